The van der Waals surface area contributed by atoms with E-state index in [0.717, 1.165) is 0 Å². The lowest BCUT2D eigenvalue weighted by molar-refractivity contribution is -0.141. The number of ether oxygens (including phenoxy) is 2. The molecule has 92 valence electrons. The summed E-state index contributed by atoms with van der Waals surface area (Å²) in [5.74, 6) is 0.209. The Labute approximate surface area is 98.7 Å². The fourth-order valence-electron chi connectivity index (χ4n) is 1.15. The van der Waals surface area contributed by atoms with Gasteiger partial charge in [-0.2, -0.15) is 0 Å². The van der Waals surface area contributed by atoms with Crippen molar-refractivity contribution in [2.45, 2.75) is 6.92 Å². The third-order valence-corrected chi connectivity index (χ3v) is 1.76. The summed E-state index contributed by atoms with van der Waals surface area (Å²) in [6.07, 6.45) is 0. The van der Waals surface area contributed by atoms with E-state index in [0.29, 0.717) is 11.4 Å². The van der Waals surface area contributed by atoms with Crippen LogP contribution in [0.1, 0.15) is 6.92 Å². The van der Waals surface area contributed by atoms with Crippen LogP contribution in [0.25, 0.3) is 0 Å². The molecule has 0 aliphatic heterocycles. The average Bonchev–Trinajstić information content (AvgIpc) is 2.24. The molecule has 0 bridgehead atoms. The number of anilines is 1. The molecule has 0 radical (unpaired) electrons. The van der Waals surface area contributed by atoms with Crippen molar-refractivity contribution >= 4 is 17.7 Å². The molecule has 0 fully saturated rings. The lowest BCUT2D eigenvalue weighted by Crippen LogP contribution is -2.19. The highest BCUT2D eigenvalue weighted by Crippen LogP contribution is 2.16. The summed E-state index contributed by atoms with van der Waals surface area (Å²) in [5, 5.41) is 2.43. The minimum absolute atomic E-state index is 0.183. The zero-order valence-corrected chi connectivity index (χ0v) is 9.43. The highest BCUT2D eigenvalue weighted by atomic mass is 16.6. The van der Waals surface area contributed by atoms with Gasteiger partial charge < -0.3 is 20.5 Å². The Kier molecular flexibility index (Phi) is 4.80. The summed E-state index contributed by atoms with van der Waals surface area (Å²) in [4.78, 5) is 21.1. The van der Waals surface area contributed by atoms with Crippen molar-refractivity contribution in [2.75, 3.05) is 18.5 Å². The molecule has 1 aromatic carbocycles. The van der Waals surface area contributed by atoms with E-state index in [4.69, 9.17) is 15.2 Å². The molecule has 6 heteroatoms. The number of benzene rings is 1. The van der Waals surface area contributed by atoms with Crippen LogP contribution in [-0.4, -0.2) is 25.2 Å². The molecule has 0 aliphatic carbocycles. The maximum atomic E-state index is 10.6. The van der Waals surface area contributed by atoms with E-state index in [1.54, 1.807) is 24.3 Å². The molecule has 3 N–H and O–H groups in total. The standard InChI is InChI=1S/C11H14N2O4/c1-8(14)16-5-6-17-10-4-2-3-9(7-10)13-11(12)15/h2-4,7H,5-6H2,1H3,(H3,12,13,15). The van der Waals surface area contributed by atoms with Gasteiger partial charge in [0.15, 0.2) is 0 Å². The predicted octanol–water partition coefficient (Wildman–Crippen LogP) is 1.12. The molecular weight excluding hydrogens is 224 g/mol. The fraction of sp³-hybridized carbons (Fsp3) is 0.273. The molecule has 0 atom stereocenters. The van der Waals surface area contributed by atoms with Crippen LogP contribution in [0.5, 0.6) is 5.75 Å². The van der Waals surface area contributed by atoms with E-state index in [9.17, 15) is 9.59 Å². The Balaban J connectivity index is 2.42. The molecule has 2 amide bonds. The Morgan fingerprint density at radius 1 is 1.35 bits per heavy atom. The van der Waals surface area contributed by atoms with Crippen LogP contribution in [-0.2, 0) is 9.53 Å². The van der Waals surface area contributed by atoms with Crippen LogP contribution in [0.15, 0.2) is 24.3 Å². The van der Waals surface area contributed by atoms with Gasteiger partial charge >= 0.3 is 12.0 Å². The Morgan fingerprint density at radius 2 is 2.12 bits per heavy atom. The van der Waals surface area contributed by atoms with E-state index in [1.807, 2.05) is 0 Å². The second-order valence-corrected chi connectivity index (χ2v) is 3.21. The number of nitrogens with one attached hydrogen (secondary N) is 1. The number of primary amides is 1. The second kappa shape index (κ2) is 6.37. The molecule has 0 aliphatic rings. The van der Waals surface area contributed by atoms with Gasteiger partial charge in [-0.25, -0.2) is 4.79 Å². The highest BCUT2D eigenvalue weighted by molar-refractivity contribution is 5.87. The minimum Gasteiger partial charge on any atom is -0.490 e. The van der Waals surface area contributed by atoms with E-state index in [1.165, 1.54) is 6.92 Å². The van der Waals surface area contributed by atoms with E-state index in [2.05, 4.69) is 5.32 Å². The quantitative estimate of drug-likeness (QED) is 0.594. The van der Waals surface area contributed by atoms with E-state index in [-0.39, 0.29) is 19.2 Å². The van der Waals surface area contributed by atoms with Gasteiger partial charge in [0, 0.05) is 18.7 Å². The molecule has 0 saturated heterocycles. The van der Waals surface area contributed by atoms with Crippen LogP contribution in [0.2, 0.25) is 0 Å². The first kappa shape index (κ1) is 12.8. The van der Waals surface area contributed by atoms with Crippen LogP contribution < -0.4 is 15.8 Å². The fourth-order valence-corrected chi connectivity index (χ4v) is 1.15. The van der Waals surface area contributed by atoms with Gasteiger partial charge in [0.1, 0.15) is 19.0 Å². The van der Waals surface area contributed by atoms with Gasteiger partial charge in [-0.05, 0) is 12.1 Å². The van der Waals surface area contributed by atoms with E-state index < -0.39 is 6.03 Å². The molecule has 6 nitrogen and oxygen atoms in total. The number of urea groups is 1. The minimum atomic E-state index is -0.637. The van der Waals surface area contributed by atoms with Gasteiger partial charge in [-0.3, -0.25) is 4.79 Å². The summed E-state index contributed by atoms with van der Waals surface area (Å²) < 4.78 is 10.0. The zero-order chi connectivity index (χ0) is 12.7. The Morgan fingerprint density at radius 3 is 2.76 bits per heavy atom. The van der Waals surface area contributed by atoms with Gasteiger partial charge in [0.2, 0.25) is 0 Å². The predicted molar refractivity (Wildman–Crippen MR) is 61.8 cm³/mol. The van der Waals surface area contributed by atoms with Crippen LogP contribution in [0.3, 0.4) is 0 Å². The number of rotatable bonds is 5. The average molecular weight is 238 g/mol. The second-order valence-electron chi connectivity index (χ2n) is 3.21. The first-order valence-electron chi connectivity index (χ1n) is 5.00. The number of carbonyl (C=O) groups is 2. The largest absolute Gasteiger partial charge is 0.490 e. The summed E-state index contributed by atoms with van der Waals surface area (Å²) in [6.45, 7) is 1.76. The van der Waals surface area contributed by atoms with Crippen molar-refractivity contribution in [1.82, 2.24) is 0 Å². The highest BCUT2D eigenvalue weighted by Gasteiger charge is 1.99. The van der Waals surface area contributed by atoms with Crippen molar-refractivity contribution in [3.05, 3.63) is 24.3 Å². The summed E-state index contributed by atoms with van der Waals surface area (Å²) in [7, 11) is 0. The van der Waals surface area contributed by atoms with Crippen molar-refractivity contribution in [3.8, 4) is 5.75 Å². The summed E-state index contributed by atoms with van der Waals surface area (Å²) >= 11 is 0. The first-order valence-corrected chi connectivity index (χ1v) is 5.00. The number of carbonyl (C=O) groups excluding carboxylic acids is 2. The number of amides is 2. The first-order chi connectivity index (χ1) is 8.08. The van der Waals surface area contributed by atoms with Crippen molar-refractivity contribution in [1.29, 1.82) is 0 Å². The van der Waals surface area contributed by atoms with Crippen molar-refractivity contribution in [2.24, 2.45) is 5.73 Å². The zero-order valence-electron chi connectivity index (χ0n) is 9.43. The lowest BCUT2D eigenvalue weighted by atomic mass is 10.3. The molecular formula is C11H14N2O4. The SMILES string of the molecule is CC(=O)OCCOc1cccc(NC(N)=O)c1. The molecule has 0 aromatic heterocycles. The number of hydrogen-bond donors (Lipinski definition) is 2. The molecule has 0 unspecified atom stereocenters. The third-order valence-electron chi connectivity index (χ3n) is 1.76. The monoisotopic (exact) mass is 238 g/mol. The topological polar surface area (TPSA) is 90.7 Å². The number of esters is 1. The molecule has 0 saturated carbocycles. The third kappa shape index (κ3) is 5.41. The van der Waals surface area contributed by atoms with Gasteiger partial charge in [-0.1, -0.05) is 6.07 Å². The van der Waals surface area contributed by atoms with Crippen molar-refractivity contribution < 1.29 is 19.1 Å². The van der Waals surface area contributed by atoms with E-state index >= 15 is 0 Å². The molecule has 0 spiro atoms. The molecule has 1 rings (SSSR count). The van der Waals surface area contributed by atoms with Crippen molar-refractivity contribution in [3.63, 3.8) is 0 Å². The molecule has 17 heavy (non-hydrogen) atoms. The lowest BCUT2D eigenvalue weighted by Gasteiger charge is -2.08. The maximum Gasteiger partial charge on any atom is 0.316 e. The normalized spacial score (nSPS) is 9.47. The maximum absolute atomic E-state index is 10.6. The van der Waals surface area contributed by atoms with Gasteiger partial charge in [0.05, 0.1) is 0 Å². The molecule has 1 aromatic rings. The Hall–Kier alpha value is -2.24. The smallest absolute Gasteiger partial charge is 0.316 e. The summed E-state index contributed by atoms with van der Waals surface area (Å²) in [6, 6.07) is 6.11. The number of nitrogens with two attached hydrogens (primary N) is 1. The van der Waals surface area contributed by atoms with Crippen LogP contribution in [0.4, 0.5) is 10.5 Å². The molecule has 0 heterocycles. The summed E-state index contributed by atoms with van der Waals surface area (Å²) in [5.41, 5.74) is 5.53. The van der Waals surface area contributed by atoms with Gasteiger partial charge in [-0.15, -0.1) is 0 Å². The number of hydrogen-bond acceptors (Lipinski definition) is 4. The van der Waals surface area contributed by atoms with Crippen LogP contribution in [0, 0.1) is 0 Å². The van der Waals surface area contributed by atoms with Gasteiger partial charge in [0.25, 0.3) is 0 Å². The van der Waals surface area contributed by atoms with Crippen LogP contribution >= 0.6 is 0 Å². The Bertz CT molecular complexity index is 406.